The van der Waals surface area contributed by atoms with Crippen molar-refractivity contribution in [3.05, 3.63) is 37.4 Å². The molecule has 92 valence electrons. The molecule has 1 N–H and O–H groups in total. The van der Waals surface area contributed by atoms with E-state index in [2.05, 4.69) is 59.7 Å². The number of nitrogens with zero attached hydrogens (tertiary/aromatic N) is 2. The number of nitrogens with one attached hydrogen (secondary N) is 1. The van der Waals surface area contributed by atoms with Crippen molar-refractivity contribution in [2.45, 2.75) is 19.5 Å². The first-order valence-corrected chi connectivity index (χ1v) is 7.70. The molecule has 2 rings (SSSR count). The summed E-state index contributed by atoms with van der Waals surface area (Å²) in [5, 5.41) is 3.32. The van der Waals surface area contributed by atoms with Crippen LogP contribution in [-0.4, -0.2) is 16.6 Å². The number of thiophene rings is 1. The molecular formula is C11H13Br2N3S. The summed E-state index contributed by atoms with van der Waals surface area (Å²) in [5.74, 6) is 1.05. The van der Waals surface area contributed by atoms with Crippen molar-refractivity contribution in [2.75, 3.05) is 7.05 Å². The Kier molecular flexibility index (Phi) is 4.41. The fourth-order valence-corrected chi connectivity index (χ4v) is 3.95. The molecule has 0 aliphatic carbocycles. The summed E-state index contributed by atoms with van der Waals surface area (Å²) in [6.45, 7) is 3.05. The minimum absolute atomic E-state index is 0.137. The molecule has 0 saturated carbocycles. The van der Waals surface area contributed by atoms with Crippen molar-refractivity contribution >= 4 is 43.2 Å². The second-order valence-electron chi connectivity index (χ2n) is 3.56. The van der Waals surface area contributed by atoms with E-state index in [1.54, 1.807) is 11.3 Å². The van der Waals surface area contributed by atoms with Crippen molar-refractivity contribution in [3.8, 4) is 0 Å². The van der Waals surface area contributed by atoms with Gasteiger partial charge in [0.2, 0.25) is 0 Å². The summed E-state index contributed by atoms with van der Waals surface area (Å²) >= 11 is 8.77. The molecule has 0 aromatic carbocycles. The van der Waals surface area contributed by atoms with Gasteiger partial charge in [-0.1, -0.05) is 0 Å². The molecular weight excluding hydrogens is 366 g/mol. The van der Waals surface area contributed by atoms with E-state index in [9.17, 15) is 0 Å². The molecule has 0 amide bonds. The molecule has 0 radical (unpaired) electrons. The third kappa shape index (κ3) is 2.65. The topological polar surface area (TPSA) is 29.9 Å². The Morgan fingerprint density at radius 2 is 2.29 bits per heavy atom. The lowest BCUT2D eigenvalue weighted by Crippen LogP contribution is -2.20. The molecule has 3 nitrogen and oxygen atoms in total. The molecule has 0 saturated heterocycles. The Morgan fingerprint density at radius 3 is 2.82 bits per heavy atom. The highest BCUT2D eigenvalue weighted by Crippen LogP contribution is 2.37. The number of aryl methyl sites for hydroxylation is 1. The molecule has 17 heavy (non-hydrogen) atoms. The number of imidazole rings is 1. The molecule has 2 aromatic rings. The van der Waals surface area contributed by atoms with Gasteiger partial charge in [-0.15, -0.1) is 11.3 Å². The van der Waals surface area contributed by atoms with Gasteiger partial charge in [-0.2, -0.15) is 0 Å². The molecule has 0 aliphatic rings. The van der Waals surface area contributed by atoms with Crippen LogP contribution in [0.2, 0.25) is 0 Å². The average Bonchev–Trinajstić information content (AvgIpc) is 2.89. The summed E-state index contributed by atoms with van der Waals surface area (Å²) in [5.41, 5.74) is 0. The van der Waals surface area contributed by atoms with Crippen molar-refractivity contribution in [3.63, 3.8) is 0 Å². The predicted octanol–water partition coefficient (Wildman–Crippen LogP) is 3.80. The van der Waals surface area contributed by atoms with Gasteiger partial charge in [-0.25, -0.2) is 4.98 Å². The third-order valence-corrected chi connectivity index (χ3v) is 5.91. The van der Waals surface area contributed by atoms with Crippen molar-refractivity contribution in [1.29, 1.82) is 0 Å². The van der Waals surface area contributed by atoms with Gasteiger partial charge >= 0.3 is 0 Å². The summed E-state index contributed by atoms with van der Waals surface area (Å²) in [7, 11) is 1.96. The number of rotatable bonds is 4. The number of halogens is 2. The lowest BCUT2D eigenvalue weighted by Gasteiger charge is -2.15. The molecule has 0 spiro atoms. The average molecular weight is 379 g/mol. The van der Waals surface area contributed by atoms with E-state index in [1.165, 1.54) is 4.88 Å². The van der Waals surface area contributed by atoms with Crippen LogP contribution in [0.15, 0.2) is 26.7 Å². The van der Waals surface area contributed by atoms with E-state index in [0.29, 0.717) is 0 Å². The fourth-order valence-electron chi connectivity index (χ4n) is 1.75. The Hall–Kier alpha value is -0.170. The maximum atomic E-state index is 4.45. The molecule has 2 heterocycles. The molecule has 6 heteroatoms. The van der Waals surface area contributed by atoms with Crippen molar-refractivity contribution < 1.29 is 0 Å². The zero-order valence-electron chi connectivity index (χ0n) is 9.58. The number of hydrogen-bond donors (Lipinski definition) is 1. The standard InChI is InChI=1S/C11H13Br2N3S/c1-3-16-5-4-15-11(16)9(14-2)8-6-7(12)10(13)17-8/h4-6,9,14H,3H2,1-2H3. The minimum Gasteiger partial charge on any atom is -0.334 e. The first kappa shape index (κ1) is 13.3. The molecule has 0 aliphatic heterocycles. The highest BCUT2D eigenvalue weighted by molar-refractivity contribution is 9.13. The second-order valence-corrected chi connectivity index (χ2v) is 6.82. The SMILES string of the molecule is CCn1ccnc1C(NC)c1cc(Br)c(Br)s1. The van der Waals surface area contributed by atoms with E-state index >= 15 is 0 Å². The van der Waals surface area contributed by atoms with Crippen LogP contribution in [0.4, 0.5) is 0 Å². The highest BCUT2D eigenvalue weighted by atomic mass is 79.9. The van der Waals surface area contributed by atoms with Gasteiger partial charge in [0.1, 0.15) is 11.9 Å². The number of hydrogen-bond acceptors (Lipinski definition) is 3. The number of aromatic nitrogens is 2. The van der Waals surface area contributed by atoms with Crippen molar-refractivity contribution in [1.82, 2.24) is 14.9 Å². The monoisotopic (exact) mass is 377 g/mol. The normalized spacial score (nSPS) is 12.9. The first-order valence-electron chi connectivity index (χ1n) is 5.30. The van der Waals surface area contributed by atoms with E-state index in [1.807, 2.05) is 19.4 Å². The summed E-state index contributed by atoms with van der Waals surface area (Å²) < 4.78 is 4.36. The third-order valence-electron chi connectivity index (χ3n) is 2.58. The largest absolute Gasteiger partial charge is 0.334 e. The van der Waals surface area contributed by atoms with Crippen LogP contribution in [0, 0.1) is 0 Å². The fraction of sp³-hybridized carbons (Fsp3) is 0.364. The zero-order valence-corrected chi connectivity index (χ0v) is 13.6. The Morgan fingerprint density at radius 1 is 1.53 bits per heavy atom. The summed E-state index contributed by atoms with van der Waals surface area (Å²) in [6, 6.07) is 2.27. The molecule has 1 atom stereocenters. The van der Waals surface area contributed by atoms with Crippen LogP contribution in [0.25, 0.3) is 0 Å². The van der Waals surface area contributed by atoms with Crippen LogP contribution >= 0.6 is 43.2 Å². The van der Waals surface area contributed by atoms with Crippen LogP contribution in [0.3, 0.4) is 0 Å². The lowest BCUT2D eigenvalue weighted by atomic mass is 10.2. The van der Waals surface area contributed by atoms with Crippen LogP contribution in [0.1, 0.15) is 23.7 Å². The van der Waals surface area contributed by atoms with Gasteiger partial charge in [0.05, 0.1) is 3.79 Å². The van der Waals surface area contributed by atoms with Gasteiger partial charge in [-0.3, -0.25) is 0 Å². The van der Waals surface area contributed by atoms with E-state index < -0.39 is 0 Å². The maximum absolute atomic E-state index is 4.45. The summed E-state index contributed by atoms with van der Waals surface area (Å²) in [4.78, 5) is 5.69. The summed E-state index contributed by atoms with van der Waals surface area (Å²) in [6.07, 6.45) is 3.86. The second kappa shape index (κ2) is 5.65. The van der Waals surface area contributed by atoms with Gasteiger partial charge in [-0.05, 0) is 51.9 Å². The Bertz CT molecular complexity index is 487. The maximum Gasteiger partial charge on any atom is 0.131 e. The van der Waals surface area contributed by atoms with E-state index in [0.717, 1.165) is 20.6 Å². The minimum atomic E-state index is 0.137. The van der Waals surface area contributed by atoms with Crippen LogP contribution in [-0.2, 0) is 6.54 Å². The molecule has 0 fully saturated rings. The zero-order chi connectivity index (χ0) is 12.4. The van der Waals surface area contributed by atoms with Gasteiger partial charge in [0.25, 0.3) is 0 Å². The van der Waals surface area contributed by atoms with Crippen molar-refractivity contribution in [2.24, 2.45) is 0 Å². The Balaban J connectivity index is 2.40. The smallest absolute Gasteiger partial charge is 0.131 e. The first-order chi connectivity index (χ1) is 8.17. The van der Waals surface area contributed by atoms with Gasteiger partial charge in [0, 0.05) is 28.3 Å². The molecule has 1 unspecified atom stereocenters. The molecule has 2 aromatic heterocycles. The Labute approximate surface area is 122 Å². The lowest BCUT2D eigenvalue weighted by molar-refractivity contribution is 0.597. The van der Waals surface area contributed by atoms with Gasteiger partial charge in [0.15, 0.2) is 0 Å². The molecule has 0 bridgehead atoms. The van der Waals surface area contributed by atoms with E-state index in [4.69, 9.17) is 0 Å². The van der Waals surface area contributed by atoms with Crippen LogP contribution in [0.5, 0.6) is 0 Å². The van der Waals surface area contributed by atoms with Gasteiger partial charge < -0.3 is 9.88 Å². The highest BCUT2D eigenvalue weighted by Gasteiger charge is 2.20. The quantitative estimate of drug-likeness (QED) is 0.876. The van der Waals surface area contributed by atoms with Crippen LogP contribution < -0.4 is 5.32 Å². The predicted molar refractivity (Wildman–Crippen MR) is 78.5 cm³/mol. The van der Waals surface area contributed by atoms with E-state index in [-0.39, 0.29) is 6.04 Å².